The van der Waals surface area contributed by atoms with Gasteiger partial charge in [0, 0.05) is 12.5 Å². The van der Waals surface area contributed by atoms with Crippen LogP contribution < -0.4 is 15.2 Å². The molecule has 1 atom stereocenters. The Hall–Kier alpha value is -1.55. The minimum Gasteiger partial charge on any atom is -0.496 e. The van der Waals surface area contributed by atoms with Gasteiger partial charge in [-0.15, -0.1) is 0 Å². The van der Waals surface area contributed by atoms with E-state index in [1.807, 2.05) is 19.9 Å². The van der Waals surface area contributed by atoms with E-state index >= 15 is 0 Å². The molecule has 0 radical (unpaired) electrons. The number of Topliss-reactive ketones (excluding diaryl/α,β-unsaturated/α-hetero) is 1. The summed E-state index contributed by atoms with van der Waals surface area (Å²) in [7, 11) is 3.15. The van der Waals surface area contributed by atoms with Crippen molar-refractivity contribution in [1.29, 1.82) is 0 Å². The van der Waals surface area contributed by atoms with Crippen molar-refractivity contribution in [2.24, 2.45) is 5.73 Å². The minimum atomic E-state index is 0.0244. The summed E-state index contributed by atoms with van der Waals surface area (Å²) in [4.78, 5) is 11.8. The van der Waals surface area contributed by atoms with Crippen molar-refractivity contribution >= 4 is 5.78 Å². The van der Waals surface area contributed by atoms with Gasteiger partial charge in [0.15, 0.2) is 5.78 Å². The first-order valence-electron chi connectivity index (χ1n) is 6.07. The molecule has 0 saturated carbocycles. The van der Waals surface area contributed by atoms with Gasteiger partial charge in [-0.05, 0) is 31.0 Å². The fourth-order valence-corrected chi connectivity index (χ4v) is 1.88. The minimum absolute atomic E-state index is 0.0244. The van der Waals surface area contributed by atoms with E-state index < -0.39 is 0 Å². The lowest BCUT2D eigenvalue weighted by atomic mass is 10.00. The lowest BCUT2D eigenvalue weighted by Gasteiger charge is -2.15. The fourth-order valence-electron chi connectivity index (χ4n) is 1.88. The van der Waals surface area contributed by atoms with Gasteiger partial charge in [0.05, 0.1) is 19.8 Å². The molecule has 0 unspecified atom stereocenters. The predicted molar refractivity (Wildman–Crippen MR) is 71.5 cm³/mol. The van der Waals surface area contributed by atoms with Crippen LogP contribution in [-0.4, -0.2) is 26.0 Å². The summed E-state index contributed by atoms with van der Waals surface area (Å²) >= 11 is 0. The molecule has 0 bridgehead atoms. The van der Waals surface area contributed by atoms with Crippen LogP contribution in [0.5, 0.6) is 11.5 Å². The molecule has 1 rings (SSSR count). The van der Waals surface area contributed by atoms with E-state index in [9.17, 15) is 4.79 Å². The van der Waals surface area contributed by atoms with Crippen LogP contribution in [0, 0.1) is 0 Å². The molecule has 100 valence electrons. The molecular formula is C14H21NO3. The molecule has 0 aliphatic heterocycles. The molecule has 2 N–H and O–H groups in total. The first-order valence-corrected chi connectivity index (χ1v) is 6.07. The molecule has 0 aliphatic rings. The molecule has 0 spiro atoms. The third-order valence-electron chi connectivity index (χ3n) is 2.77. The second-order valence-corrected chi connectivity index (χ2v) is 4.32. The third kappa shape index (κ3) is 3.23. The number of rotatable bonds is 6. The number of hydrogen-bond donors (Lipinski definition) is 1. The van der Waals surface area contributed by atoms with Crippen LogP contribution >= 0.6 is 0 Å². The Kier molecular flexibility index (Phi) is 5.16. The van der Waals surface area contributed by atoms with Gasteiger partial charge in [-0.1, -0.05) is 6.92 Å². The van der Waals surface area contributed by atoms with Crippen LogP contribution in [0.2, 0.25) is 0 Å². The van der Waals surface area contributed by atoms with Crippen LogP contribution in [0.4, 0.5) is 0 Å². The second kappa shape index (κ2) is 6.40. The van der Waals surface area contributed by atoms with Crippen molar-refractivity contribution in [3.63, 3.8) is 0 Å². The molecule has 0 aliphatic carbocycles. The Balaban J connectivity index is 3.27. The number of carbonyl (C=O) groups is 1. The van der Waals surface area contributed by atoms with Crippen LogP contribution in [0.25, 0.3) is 0 Å². The molecule has 1 aromatic rings. The number of carbonyl (C=O) groups excluding carboxylic acids is 1. The van der Waals surface area contributed by atoms with Gasteiger partial charge < -0.3 is 15.2 Å². The third-order valence-corrected chi connectivity index (χ3v) is 2.77. The van der Waals surface area contributed by atoms with E-state index in [0.717, 1.165) is 5.56 Å². The first kappa shape index (κ1) is 14.5. The van der Waals surface area contributed by atoms with Crippen molar-refractivity contribution in [2.45, 2.75) is 32.7 Å². The van der Waals surface area contributed by atoms with Gasteiger partial charge in [0.25, 0.3) is 0 Å². The van der Waals surface area contributed by atoms with E-state index in [2.05, 4.69) is 0 Å². The molecule has 18 heavy (non-hydrogen) atoms. The van der Waals surface area contributed by atoms with E-state index in [1.54, 1.807) is 20.3 Å². The largest absolute Gasteiger partial charge is 0.496 e. The molecule has 0 amide bonds. The van der Waals surface area contributed by atoms with Gasteiger partial charge in [-0.3, -0.25) is 4.79 Å². The summed E-state index contributed by atoms with van der Waals surface area (Å²) < 4.78 is 10.6. The topological polar surface area (TPSA) is 61.5 Å². The standard InChI is InChI=1S/C14H21NO3/c1-5-12(16)11-8-13(17-3)10(6-9(2)15)7-14(11)18-4/h7-9H,5-6,15H2,1-4H3/t9-/m0/s1. The smallest absolute Gasteiger partial charge is 0.166 e. The number of hydrogen-bond acceptors (Lipinski definition) is 4. The second-order valence-electron chi connectivity index (χ2n) is 4.32. The van der Waals surface area contributed by atoms with E-state index in [1.165, 1.54) is 0 Å². The zero-order valence-corrected chi connectivity index (χ0v) is 11.4. The maximum absolute atomic E-state index is 11.8. The molecule has 1 aromatic carbocycles. The summed E-state index contributed by atoms with van der Waals surface area (Å²) in [5.41, 5.74) is 7.32. The van der Waals surface area contributed by atoms with Gasteiger partial charge in [-0.25, -0.2) is 0 Å². The Bertz CT molecular complexity index is 427. The van der Waals surface area contributed by atoms with Crippen molar-refractivity contribution in [3.05, 3.63) is 23.3 Å². The van der Waals surface area contributed by atoms with E-state index in [0.29, 0.717) is 29.9 Å². The van der Waals surface area contributed by atoms with Crippen LogP contribution in [0.15, 0.2) is 12.1 Å². The highest BCUT2D eigenvalue weighted by molar-refractivity contribution is 5.99. The molecule has 0 aromatic heterocycles. The monoisotopic (exact) mass is 251 g/mol. The first-order chi connectivity index (χ1) is 8.53. The Morgan fingerprint density at radius 1 is 1.28 bits per heavy atom. The number of ether oxygens (including phenoxy) is 2. The Morgan fingerprint density at radius 2 is 1.89 bits per heavy atom. The molecule has 0 saturated heterocycles. The lowest BCUT2D eigenvalue weighted by molar-refractivity contribution is 0.0985. The quantitative estimate of drug-likeness (QED) is 0.787. The number of benzene rings is 1. The molecule has 0 fully saturated rings. The van der Waals surface area contributed by atoms with Crippen molar-refractivity contribution in [1.82, 2.24) is 0 Å². The highest BCUT2D eigenvalue weighted by Crippen LogP contribution is 2.30. The van der Waals surface area contributed by atoms with Gasteiger partial charge in [0.1, 0.15) is 11.5 Å². The van der Waals surface area contributed by atoms with Gasteiger partial charge in [0.2, 0.25) is 0 Å². The van der Waals surface area contributed by atoms with E-state index in [4.69, 9.17) is 15.2 Å². The normalized spacial score (nSPS) is 12.1. The highest BCUT2D eigenvalue weighted by Gasteiger charge is 2.16. The summed E-state index contributed by atoms with van der Waals surface area (Å²) in [5.74, 6) is 1.31. The summed E-state index contributed by atoms with van der Waals surface area (Å²) in [6, 6.07) is 3.60. The van der Waals surface area contributed by atoms with Crippen molar-refractivity contribution < 1.29 is 14.3 Å². The van der Waals surface area contributed by atoms with Crippen LogP contribution in [0.3, 0.4) is 0 Å². The van der Waals surface area contributed by atoms with Gasteiger partial charge >= 0.3 is 0 Å². The summed E-state index contributed by atoms with van der Waals surface area (Å²) in [5, 5.41) is 0. The van der Waals surface area contributed by atoms with Gasteiger partial charge in [-0.2, -0.15) is 0 Å². The zero-order valence-electron chi connectivity index (χ0n) is 11.4. The van der Waals surface area contributed by atoms with E-state index in [-0.39, 0.29) is 11.8 Å². The summed E-state index contributed by atoms with van der Waals surface area (Å²) in [6.45, 7) is 3.75. The maximum Gasteiger partial charge on any atom is 0.166 e. The highest BCUT2D eigenvalue weighted by atomic mass is 16.5. The molecule has 0 heterocycles. The Morgan fingerprint density at radius 3 is 2.33 bits per heavy atom. The molecule has 4 heteroatoms. The lowest BCUT2D eigenvalue weighted by Crippen LogP contribution is -2.18. The maximum atomic E-state index is 11.8. The number of nitrogens with two attached hydrogens (primary N) is 1. The average Bonchev–Trinajstić information content (AvgIpc) is 2.36. The van der Waals surface area contributed by atoms with Crippen LogP contribution in [0.1, 0.15) is 36.2 Å². The fraction of sp³-hybridized carbons (Fsp3) is 0.500. The Labute approximate surface area is 108 Å². The molecule has 4 nitrogen and oxygen atoms in total. The zero-order chi connectivity index (χ0) is 13.7. The van der Waals surface area contributed by atoms with Crippen molar-refractivity contribution in [2.75, 3.05) is 14.2 Å². The van der Waals surface area contributed by atoms with Crippen molar-refractivity contribution in [3.8, 4) is 11.5 Å². The van der Waals surface area contributed by atoms with Crippen LogP contribution in [-0.2, 0) is 6.42 Å². The molecular weight excluding hydrogens is 230 g/mol. The SMILES string of the molecule is CCC(=O)c1cc(OC)c(C[C@H](C)N)cc1OC. The number of ketones is 1. The predicted octanol–water partition coefficient (Wildman–Crippen LogP) is 2.19. The average molecular weight is 251 g/mol. The summed E-state index contributed by atoms with van der Waals surface area (Å²) in [6.07, 6.45) is 1.12. The number of methoxy groups -OCH3 is 2.